The smallest absolute Gasteiger partial charge is 0.127 e. The molecule has 0 bridgehead atoms. The zero-order valence-corrected chi connectivity index (χ0v) is 12.4. The van der Waals surface area contributed by atoms with Gasteiger partial charge in [0.25, 0.3) is 0 Å². The van der Waals surface area contributed by atoms with Crippen LogP contribution in [0.1, 0.15) is 12.5 Å². The van der Waals surface area contributed by atoms with Gasteiger partial charge in [-0.05, 0) is 25.1 Å². The average Bonchev–Trinajstić information content (AvgIpc) is 2.51. The van der Waals surface area contributed by atoms with Crippen molar-refractivity contribution in [3.05, 3.63) is 66.0 Å². The van der Waals surface area contributed by atoms with Crippen molar-refractivity contribution in [1.29, 1.82) is 0 Å². The number of para-hydroxylation sites is 1. The van der Waals surface area contributed by atoms with E-state index in [1.807, 2.05) is 18.2 Å². The Morgan fingerprint density at radius 3 is 2.43 bits per heavy atom. The second-order valence-electron chi connectivity index (χ2n) is 5.70. The molecule has 3 rings (SSSR count). The summed E-state index contributed by atoms with van der Waals surface area (Å²) in [5.41, 5.74) is 2.06. The van der Waals surface area contributed by atoms with Crippen molar-refractivity contribution < 1.29 is 4.39 Å². The third kappa shape index (κ3) is 3.24. The van der Waals surface area contributed by atoms with Crippen LogP contribution >= 0.6 is 0 Å². The molecule has 1 aliphatic heterocycles. The molecular weight excluding hydrogens is 263 g/mol. The molecule has 0 unspecified atom stereocenters. The van der Waals surface area contributed by atoms with E-state index in [2.05, 4.69) is 41.0 Å². The highest BCUT2D eigenvalue weighted by atomic mass is 19.1. The zero-order valence-electron chi connectivity index (χ0n) is 12.4. The van der Waals surface area contributed by atoms with Gasteiger partial charge in [0.05, 0.1) is 0 Å². The molecule has 2 aromatic rings. The molecule has 2 nitrogen and oxygen atoms in total. The number of piperazine rings is 1. The minimum atomic E-state index is -0.101. The minimum Gasteiger partial charge on any atom is -0.366 e. The number of benzene rings is 2. The zero-order chi connectivity index (χ0) is 14.7. The molecule has 0 N–H and O–H groups in total. The van der Waals surface area contributed by atoms with Gasteiger partial charge in [0, 0.05) is 43.5 Å². The van der Waals surface area contributed by atoms with Crippen LogP contribution in [-0.4, -0.2) is 30.6 Å². The van der Waals surface area contributed by atoms with Crippen LogP contribution in [0.4, 0.5) is 10.1 Å². The van der Waals surface area contributed by atoms with Crippen LogP contribution in [0, 0.1) is 5.82 Å². The van der Waals surface area contributed by atoms with Gasteiger partial charge >= 0.3 is 0 Å². The highest BCUT2D eigenvalue weighted by Crippen LogP contribution is 2.21. The Hall–Kier alpha value is -1.87. The predicted molar refractivity (Wildman–Crippen MR) is 84.9 cm³/mol. The molecule has 21 heavy (non-hydrogen) atoms. The summed E-state index contributed by atoms with van der Waals surface area (Å²) >= 11 is 0. The molecular formula is C18H21FN2. The lowest BCUT2D eigenvalue weighted by Gasteiger charge is -2.41. The van der Waals surface area contributed by atoms with E-state index in [0.717, 1.165) is 25.2 Å². The van der Waals surface area contributed by atoms with Gasteiger partial charge in [-0.2, -0.15) is 0 Å². The topological polar surface area (TPSA) is 6.48 Å². The van der Waals surface area contributed by atoms with E-state index in [1.165, 1.54) is 5.69 Å². The van der Waals surface area contributed by atoms with E-state index in [1.54, 1.807) is 12.1 Å². The van der Waals surface area contributed by atoms with Gasteiger partial charge in [-0.25, -0.2) is 4.39 Å². The summed E-state index contributed by atoms with van der Waals surface area (Å²) < 4.78 is 13.7. The van der Waals surface area contributed by atoms with Crippen molar-refractivity contribution in [1.82, 2.24) is 4.90 Å². The van der Waals surface area contributed by atoms with Crippen molar-refractivity contribution in [3.8, 4) is 0 Å². The van der Waals surface area contributed by atoms with Crippen molar-refractivity contribution in [3.63, 3.8) is 0 Å². The lowest BCUT2D eigenvalue weighted by Crippen LogP contribution is -2.51. The number of halogens is 1. The average molecular weight is 284 g/mol. The fourth-order valence-corrected chi connectivity index (χ4v) is 3.05. The molecule has 1 heterocycles. The third-order valence-corrected chi connectivity index (χ3v) is 4.15. The van der Waals surface area contributed by atoms with Crippen LogP contribution in [0.15, 0.2) is 54.6 Å². The summed E-state index contributed by atoms with van der Waals surface area (Å²) in [6.45, 7) is 5.84. The number of nitrogens with zero attached hydrogens (tertiary/aromatic N) is 2. The number of rotatable bonds is 3. The summed E-state index contributed by atoms with van der Waals surface area (Å²) in [5.74, 6) is -0.101. The van der Waals surface area contributed by atoms with Crippen LogP contribution in [0.2, 0.25) is 0 Å². The first-order valence-electron chi connectivity index (χ1n) is 7.51. The van der Waals surface area contributed by atoms with Crippen LogP contribution in [0.5, 0.6) is 0 Å². The maximum atomic E-state index is 13.7. The second-order valence-corrected chi connectivity index (χ2v) is 5.70. The summed E-state index contributed by atoms with van der Waals surface area (Å²) in [5, 5.41) is 0. The molecule has 0 aromatic heterocycles. The Labute approximate surface area is 125 Å². The molecule has 110 valence electrons. The highest BCUT2D eigenvalue weighted by Gasteiger charge is 2.24. The fraction of sp³-hybridized carbons (Fsp3) is 0.333. The van der Waals surface area contributed by atoms with E-state index in [4.69, 9.17) is 0 Å². The molecule has 1 fully saturated rings. The second kappa shape index (κ2) is 6.27. The molecule has 1 atom stereocenters. The van der Waals surface area contributed by atoms with Crippen molar-refractivity contribution >= 4 is 5.69 Å². The summed E-state index contributed by atoms with van der Waals surface area (Å²) in [4.78, 5) is 4.76. The molecule has 0 radical (unpaired) electrons. The fourth-order valence-electron chi connectivity index (χ4n) is 3.05. The minimum absolute atomic E-state index is 0.101. The van der Waals surface area contributed by atoms with E-state index in [9.17, 15) is 4.39 Å². The van der Waals surface area contributed by atoms with Gasteiger partial charge in [0.1, 0.15) is 5.82 Å². The molecule has 0 aliphatic carbocycles. The van der Waals surface area contributed by atoms with Crippen LogP contribution < -0.4 is 4.90 Å². The summed E-state index contributed by atoms with van der Waals surface area (Å²) in [6.07, 6.45) is 0. The quantitative estimate of drug-likeness (QED) is 0.850. The number of hydrogen-bond donors (Lipinski definition) is 0. The first-order valence-corrected chi connectivity index (χ1v) is 7.51. The maximum absolute atomic E-state index is 13.7. The van der Waals surface area contributed by atoms with Crippen LogP contribution in [-0.2, 0) is 6.54 Å². The van der Waals surface area contributed by atoms with Crippen molar-refractivity contribution in [2.24, 2.45) is 0 Å². The largest absolute Gasteiger partial charge is 0.366 e. The lowest BCUT2D eigenvalue weighted by atomic mass is 10.1. The Morgan fingerprint density at radius 2 is 1.71 bits per heavy atom. The molecule has 2 aromatic carbocycles. The van der Waals surface area contributed by atoms with E-state index >= 15 is 0 Å². The van der Waals surface area contributed by atoms with Gasteiger partial charge in [-0.1, -0.05) is 36.4 Å². The first-order chi connectivity index (χ1) is 10.2. The number of hydrogen-bond acceptors (Lipinski definition) is 2. The summed E-state index contributed by atoms with van der Waals surface area (Å²) in [7, 11) is 0. The first kappa shape index (κ1) is 14.1. The van der Waals surface area contributed by atoms with Gasteiger partial charge in [-0.15, -0.1) is 0 Å². The Morgan fingerprint density at radius 1 is 1.00 bits per heavy atom. The van der Waals surface area contributed by atoms with Crippen molar-refractivity contribution in [2.45, 2.75) is 19.5 Å². The van der Waals surface area contributed by atoms with E-state index in [-0.39, 0.29) is 5.82 Å². The van der Waals surface area contributed by atoms with Crippen LogP contribution in [0.25, 0.3) is 0 Å². The Bertz CT molecular complexity index is 585. The molecule has 0 saturated carbocycles. The third-order valence-electron chi connectivity index (χ3n) is 4.15. The van der Waals surface area contributed by atoms with E-state index < -0.39 is 0 Å². The number of anilines is 1. The monoisotopic (exact) mass is 284 g/mol. The predicted octanol–water partition coefficient (Wildman–Crippen LogP) is 3.54. The highest BCUT2D eigenvalue weighted by molar-refractivity contribution is 5.47. The molecule has 1 saturated heterocycles. The molecule has 1 aliphatic rings. The molecule has 0 spiro atoms. The normalized spacial score (nSPS) is 19.7. The lowest BCUT2D eigenvalue weighted by molar-refractivity contribution is 0.218. The van der Waals surface area contributed by atoms with Gasteiger partial charge < -0.3 is 4.90 Å². The Balaban J connectivity index is 1.65. The van der Waals surface area contributed by atoms with Gasteiger partial charge in [0.2, 0.25) is 0 Å². The standard InChI is InChI=1S/C18H21FN2/c1-15-13-20(14-16-7-5-6-10-18(16)19)11-12-21(15)17-8-3-2-4-9-17/h2-10,15H,11-14H2,1H3/t15-/m0/s1. The molecule has 0 amide bonds. The van der Waals surface area contributed by atoms with E-state index in [0.29, 0.717) is 12.6 Å². The summed E-state index contributed by atoms with van der Waals surface area (Å²) in [6, 6.07) is 18.0. The SMILES string of the molecule is C[C@H]1CN(Cc2ccccc2F)CCN1c1ccccc1. The molecule has 3 heteroatoms. The van der Waals surface area contributed by atoms with Crippen LogP contribution in [0.3, 0.4) is 0 Å². The van der Waals surface area contributed by atoms with Crippen molar-refractivity contribution in [2.75, 3.05) is 24.5 Å². The maximum Gasteiger partial charge on any atom is 0.127 e. The van der Waals surface area contributed by atoms with Gasteiger partial charge in [-0.3, -0.25) is 4.90 Å². The Kier molecular flexibility index (Phi) is 4.20. The van der Waals surface area contributed by atoms with Gasteiger partial charge in [0.15, 0.2) is 0 Å².